The summed E-state index contributed by atoms with van der Waals surface area (Å²) >= 11 is 0. The van der Waals surface area contributed by atoms with E-state index in [-0.39, 0.29) is 0 Å². The van der Waals surface area contributed by atoms with Gasteiger partial charge in [0.05, 0.1) is 5.60 Å². The number of aliphatic hydroxyl groups is 1. The molecular weight excluding hydrogens is 224 g/mol. The molecule has 0 saturated carbocycles. The zero-order valence-corrected chi connectivity index (χ0v) is 11.0. The molecule has 18 heavy (non-hydrogen) atoms. The third-order valence-electron chi connectivity index (χ3n) is 3.30. The molecule has 0 amide bonds. The van der Waals surface area contributed by atoms with Crippen LogP contribution in [0.2, 0.25) is 0 Å². The van der Waals surface area contributed by atoms with Crippen LogP contribution in [0.25, 0.3) is 10.8 Å². The number of fused-ring (bicyclic) bond motifs is 1. The number of rotatable bonds is 5. The Balaban J connectivity index is 2.34. The maximum atomic E-state index is 10.7. The molecule has 0 bridgehead atoms. The topological polar surface area (TPSA) is 45.1 Å². The van der Waals surface area contributed by atoms with Crippen LogP contribution in [0.1, 0.15) is 25.8 Å². The number of benzene rings is 1. The zero-order chi connectivity index (χ0) is 13.0. The highest BCUT2D eigenvalue weighted by atomic mass is 16.3. The second kappa shape index (κ2) is 5.46. The van der Waals surface area contributed by atoms with Crippen molar-refractivity contribution in [1.82, 2.24) is 10.3 Å². The summed E-state index contributed by atoms with van der Waals surface area (Å²) in [5.41, 5.74) is 0.156. The number of hydrogen-bond acceptors (Lipinski definition) is 3. The molecule has 3 nitrogen and oxygen atoms in total. The third kappa shape index (κ3) is 2.68. The lowest BCUT2D eigenvalue weighted by Crippen LogP contribution is -2.28. The molecular formula is C15H20N2O. The van der Waals surface area contributed by atoms with Gasteiger partial charge in [-0.3, -0.25) is 4.98 Å². The van der Waals surface area contributed by atoms with Crippen LogP contribution in [0.3, 0.4) is 0 Å². The van der Waals surface area contributed by atoms with Crippen LogP contribution >= 0.6 is 0 Å². The smallest absolute Gasteiger partial charge is 0.0886 e. The largest absolute Gasteiger partial charge is 0.385 e. The van der Waals surface area contributed by atoms with Crippen molar-refractivity contribution >= 4 is 10.8 Å². The Kier molecular flexibility index (Phi) is 3.94. The highest BCUT2D eigenvalue weighted by Gasteiger charge is 2.24. The molecule has 0 spiro atoms. The summed E-state index contributed by atoms with van der Waals surface area (Å²) in [7, 11) is 0. The molecule has 1 aromatic carbocycles. The van der Waals surface area contributed by atoms with Gasteiger partial charge in [0, 0.05) is 17.8 Å². The second-order valence-corrected chi connectivity index (χ2v) is 4.78. The van der Waals surface area contributed by atoms with Crippen LogP contribution in [0, 0.1) is 0 Å². The summed E-state index contributed by atoms with van der Waals surface area (Å²) in [4.78, 5) is 4.12. The SMILES string of the molecule is CCNCCC(C)(O)c1cccc2cnccc12. The average Bonchev–Trinajstić information content (AvgIpc) is 2.38. The Morgan fingerprint density at radius 3 is 2.94 bits per heavy atom. The van der Waals surface area contributed by atoms with E-state index in [9.17, 15) is 5.11 Å². The quantitative estimate of drug-likeness (QED) is 0.794. The van der Waals surface area contributed by atoms with Crippen LogP contribution in [-0.4, -0.2) is 23.2 Å². The fourth-order valence-corrected chi connectivity index (χ4v) is 2.24. The Morgan fingerprint density at radius 1 is 1.33 bits per heavy atom. The van der Waals surface area contributed by atoms with Gasteiger partial charge in [-0.1, -0.05) is 25.1 Å². The lowest BCUT2D eigenvalue weighted by Gasteiger charge is -2.25. The molecule has 1 aromatic heterocycles. The van der Waals surface area contributed by atoms with E-state index in [4.69, 9.17) is 0 Å². The monoisotopic (exact) mass is 244 g/mol. The number of nitrogens with one attached hydrogen (secondary N) is 1. The Bertz CT molecular complexity index is 517. The molecule has 3 heteroatoms. The molecule has 0 radical (unpaired) electrons. The van der Waals surface area contributed by atoms with Crippen LogP contribution in [0.15, 0.2) is 36.7 Å². The molecule has 0 saturated heterocycles. The zero-order valence-electron chi connectivity index (χ0n) is 11.0. The van der Waals surface area contributed by atoms with Crippen molar-refractivity contribution in [3.8, 4) is 0 Å². The summed E-state index contributed by atoms with van der Waals surface area (Å²) in [6.07, 6.45) is 4.30. The van der Waals surface area contributed by atoms with Gasteiger partial charge in [0.25, 0.3) is 0 Å². The molecule has 1 heterocycles. The number of hydrogen-bond donors (Lipinski definition) is 2. The van der Waals surface area contributed by atoms with Crippen LogP contribution in [0.5, 0.6) is 0 Å². The molecule has 2 aromatic rings. The average molecular weight is 244 g/mol. The molecule has 2 N–H and O–H groups in total. The minimum Gasteiger partial charge on any atom is -0.385 e. The highest BCUT2D eigenvalue weighted by molar-refractivity contribution is 5.85. The molecule has 2 rings (SSSR count). The van der Waals surface area contributed by atoms with E-state index in [0.717, 1.165) is 29.4 Å². The first-order chi connectivity index (χ1) is 8.65. The maximum absolute atomic E-state index is 10.7. The van der Waals surface area contributed by atoms with Crippen LogP contribution in [-0.2, 0) is 5.60 Å². The Hall–Kier alpha value is -1.45. The van der Waals surface area contributed by atoms with E-state index < -0.39 is 5.60 Å². The minimum absolute atomic E-state index is 0.697. The number of aromatic nitrogens is 1. The standard InChI is InChI=1S/C15H20N2O/c1-3-16-10-8-15(2,18)14-6-4-5-12-11-17-9-7-13(12)14/h4-7,9,11,16,18H,3,8,10H2,1-2H3. The summed E-state index contributed by atoms with van der Waals surface area (Å²) < 4.78 is 0. The first kappa shape index (κ1) is 13.0. The van der Waals surface area contributed by atoms with Gasteiger partial charge in [-0.15, -0.1) is 0 Å². The molecule has 0 aliphatic heterocycles. The van der Waals surface area contributed by atoms with Gasteiger partial charge in [0.1, 0.15) is 0 Å². The summed E-state index contributed by atoms with van der Waals surface area (Å²) in [6, 6.07) is 7.95. The molecule has 0 fully saturated rings. The maximum Gasteiger partial charge on any atom is 0.0886 e. The third-order valence-corrected chi connectivity index (χ3v) is 3.30. The van der Waals surface area contributed by atoms with E-state index in [0.29, 0.717) is 6.42 Å². The molecule has 0 aliphatic carbocycles. The first-order valence-corrected chi connectivity index (χ1v) is 6.41. The van der Waals surface area contributed by atoms with Crippen molar-refractivity contribution in [2.75, 3.05) is 13.1 Å². The predicted molar refractivity (Wildman–Crippen MR) is 74.5 cm³/mol. The summed E-state index contributed by atoms with van der Waals surface area (Å²) in [6.45, 7) is 5.68. The minimum atomic E-state index is -0.816. The fourth-order valence-electron chi connectivity index (χ4n) is 2.24. The van der Waals surface area contributed by atoms with Crippen molar-refractivity contribution in [2.45, 2.75) is 25.9 Å². The number of pyridine rings is 1. The van der Waals surface area contributed by atoms with Crippen molar-refractivity contribution in [2.24, 2.45) is 0 Å². The lowest BCUT2D eigenvalue weighted by molar-refractivity contribution is 0.0497. The lowest BCUT2D eigenvalue weighted by atomic mass is 9.89. The van der Waals surface area contributed by atoms with E-state index in [1.54, 1.807) is 6.20 Å². The second-order valence-electron chi connectivity index (χ2n) is 4.78. The van der Waals surface area contributed by atoms with Crippen LogP contribution in [0.4, 0.5) is 0 Å². The molecule has 1 atom stereocenters. The van der Waals surface area contributed by atoms with Gasteiger partial charge in [0.15, 0.2) is 0 Å². The van der Waals surface area contributed by atoms with Crippen molar-refractivity contribution in [3.05, 3.63) is 42.2 Å². The Labute approximate surface area is 108 Å². The van der Waals surface area contributed by atoms with Gasteiger partial charge in [-0.25, -0.2) is 0 Å². The molecule has 0 aliphatic rings. The van der Waals surface area contributed by atoms with E-state index in [2.05, 4.69) is 17.2 Å². The van der Waals surface area contributed by atoms with Gasteiger partial charge in [0.2, 0.25) is 0 Å². The van der Waals surface area contributed by atoms with E-state index in [1.807, 2.05) is 37.4 Å². The van der Waals surface area contributed by atoms with Crippen LogP contribution < -0.4 is 5.32 Å². The van der Waals surface area contributed by atoms with Gasteiger partial charge < -0.3 is 10.4 Å². The van der Waals surface area contributed by atoms with Crippen molar-refractivity contribution in [1.29, 1.82) is 0 Å². The normalized spacial score (nSPS) is 14.6. The van der Waals surface area contributed by atoms with Crippen molar-refractivity contribution < 1.29 is 5.11 Å². The van der Waals surface area contributed by atoms with Gasteiger partial charge in [-0.2, -0.15) is 0 Å². The van der Waals surface area contributed by atoms with E-state index >= 15 is 0 Å². The number of nitrogens with zero attached hydrogens (tertiary/aromatic N) is 1. The highest BCUT2D eigenvalue weighted by Crippen LogP contribution is 2.30. The predicted octanol–water partition coefficient (Wildman–Crippen LogP) is 2.44. The Morgan fingerprint density at radius 2 is 2.17 bits per heavy atom. The van der Waals surface area contributed by atoms with Gasteiger partial charge in [-0.05, 0) is 43.5 Å². The molecule has 96 valence electrons. The summed E-state index contributed by atoms with van der Waals surface area (Å²) in [5.74, 6) is 0. The molecule has 1 unspecified atom stereocenters. The first-order valence-electron chi connectivity index (χ1n) is 6.41. The summed E-state index contributed by atoms with van der Waals surface area (Å²) in [5, 5.41) is 16.0. The van der Waals surface area contributed by atoms with Gasteiger partial charge >= 0.3 is 0 Å². The fraction of sp³-hybridized carbons (Fsp3) is 0.400. The van der Waals surface area contributed by atoms with Crippen molar-refractivity contribution in [3.63, 3.8) is 0 Å². The van der Waals surface area contributed by atoms with E-state index in [1.165, 1.54) is 0 Å².